The fourth-order valence-electron chi connectivity index (χ4n) is 2.90. The molecule has 1 amide bonds. The summed E-state index contributed by atoms with van der Waals surface area (Å²) in [7, 11) is 1.29. The van der Waals surface area contributed by atoms with E-state index in [1.54, 1.807) is 43.9 Å². The highest BCUT2D eigenvalue weighted by molar-refractivity contribution is 5.82. The third kappa shape index (κ3) is 5.05. The lowest BCUT2D eigenvalue weighted by atomic mass is 10.0. The Morgan fingerprint density at radius 1 is 1.28 bits per heavy atom. The van der Waals surface area contributed by atoms with Gasteiger partial charge in [0.05, 0.1) is 19.2 Å². The fraction of sp³-hybridized carbons (Fsp3) is 0.474. The van der Waals surface area contributed by atoms with Gasteiger partial charge < -0.3 is 9.47 Å². The molecule has 25 heavy (non-hydrogen) atoms. The van der Waals surface area contributed by atoms with Crippen LogP contribution in [0, 0.1) is 5.82 Å². The summed E-state index contributed by atoms with van der Waals surface area (Å²) >= 11 is 0. The maximum absolute atomic E-state index is 13.6. The van der Waals surface area contributed by atoms with Gasteiger partial charge in [0.25, 0.3) is 0 Å². The van der Waals surface area contributed by atoms with Crippen LogP contribution >= 0.6 is 0 Å². The Balaban J connectivity index is 2.31. The van der Waals surface area contributed by atoms with Crippen molar-refractivity contribution in [2.24, 2.45) is 0 Å². The Labute approximate surface area is 147 Å². The predicted molar refractivity (Wildman–Crippen MR) is 91.4 cm³/mol. The highest BCUT2D eigenvalue weighted by Crippen LogP contribution is 2.38. The highest BCUT2D eigenvalue weighted by Gasteiger charge is 2.39. The number of halogens is 1. The normalized spacial score (nSPS) is 20.8. The Morgan fingerprint density at radius 3 is 2.60 bits per heavy atom. The molecule has 5 nitrogen and oxygen atoms in total. The van der Waals surface area contributed by atoms with Crippen molar-refractivity contribution in [3.63, 3.8) is 0 Å². The topological polar surface area (TPSA) is 55.8 Å². The fourth-order valence-corrected chi connectivity index (χ4v) is 2.90. The first-order valence-corrected chi connectivity index (χ1v) is 8.24. The van der Waals surface area contributed by atoms with Crippen LogP contribution in [0.4, 0.5) is 9.18 Å². The largest absolute Gasteiger partial charge is 0.466 e. The molecule has 0 radical (unpaired) electrons. The maximum Gasteiger partial charge on any atom is 0.411 e. The average Bonchev–Trinajstić information content (AvgIpc) is 2.95. The summed E-state index contributed by atoms with van der Waals surface area (Å²) in [4.78, 5) is 25.7. The van der Waals surface area contributed by atoms with Crippen LogP contribution in [-0.4, -0.2) is 35.7 Å². The van der Waals surface area contributed by atoms with Crippen LogP contribution < -0.4 is 0 Å². The van der Waals surface area contributed by atoms with E-state index in [4.69, 9.17) is 4.74 Å². The van der Waals surface area contributed by atoms with Crippen molar-refractivity contribution < 1.29 is 23.5 Å². The number of nitrogens with zero attached hydrogens (tertiary/aromatic N) is 1. The minimum absolute atomic E-state index is 0.308. The number of hydrogen-bond acceptors (Lipinski definition) is 4. The van der Waals surface area contributed by atoms with Crippen LogP contribution in [0.15, 0.2) is 36.4 Å². The zero-order valence-electron chi connectivity index (χ0n) is 15.0. The molecular formula is C19H24FNO4. The summed E-state index contributed by atoms with van der Waals surface area (Å²) in [5.74, 6) is -0.839. The molecule has 1 fully saturated rings. The average molecular weight is 349 g/mol. The molecule has 1 saturated heterocycles. The summed E-state index contributed by atoms with van der Waals surface area (Å²) in [5.41, 5.74) is 0.0581. The van der Waals surface area contributed by atoms with Crippen molar-refractivity contribution >= 4 is 12.1 Å². The monoisotopic (exact) mass is 349 g/mol. The van der Waals surface area contributed by atoms with E-state index in [0.717, 1.165) is 0 Å². The maximum atomic E-state index is 13.6. The van der Waals surface area contributed by atoms with E-state index in [0.29, 0.717) is 18.4 Å². The molecule has 136 valence electrons. The molecule has 1 heterocycles. The van der Waals surface area contributed by atoms with Crippen molar-refractivity contribution in [3.05, 3.63) is 47.8 Å². The van der Waals surface area contributed by atoms with Crippen molar-refractivity contribution in [2.75, 3.05) is 7.11 Å². The summed E-state index contributed by atoms with van der Waals surface area (Å²) < 4.78 is 23.7. The summed E-state index contributed by atoms with van der Waals surface area (Å²) in [6.07, 6.45) is 3.75. The minimum atomic E-state index is -0.650. The van der Waals surface area contributed by atoms with E-state index >= 15 is 0 Å². The third-order valence-electron chi connectivity index (χ3n) is 3.92. The molecule has 6 heteroatoms. The quantitative estimate of drug-likeness (QED) is 0.611. The summed E-state index contributed by atoms with van der Waals surface area (Å²) in [5, 5.41) is 0. The standard InChI is InChI=1S/C19H24FNO4/c1-19(2,3)25-18(23)21-15(9-11-17(22)24-4)8-10-16(21)13-6-5-7-14(20)12-13/h5-7,9,11-12,15-16H,8,10H2,1-4H3/t15-,16+/m1/s1. The molecule has 0 aliphatic carbocycles. The van der Waals surface area contributed by atoms with Crippen molar-refractivity contribution in [3.8, 4) is 0 Å². The number of likely N-dealkylation sites (tertiary alicyclic amines) is 1. The van der Waals surface area contributed by atoms with Crippen molar-refractivity contribution in [1.29, 1.82) is 0 Å². The Morgan fingerprint density at radius 2 is 2.00 bits per heavy atom. The number of esters is 1. The van der Waals surface area contributed by atoms with Crippen LogP contribution in [0.25, 0.3) is 0 Å². The number of carbonyl (C=O) groups is 2. The molecule has 0 spiro atoms. The molecule has 0 aromatic heterocycles. The second-order valence-electron chi connectivity index (χ2n) is 6.99. The van der Waals surface area contributed by atoms with Crippen LogP contribution in [0.2, 0.25) is 0 Å². The lowest BCUT2D eigenvalue weighted by Crippen LogP contribution is -2.40. The number of hydrogen-bond donors (Lipinski definition) is 0. The molecule has 2 rings (SSSR count). The SMILES string of the molecule is COC(=O)C=C[C@H]1CC[C@@H](c2cccc(F)c2)N1C(=O)OC(C)(C)C. The van der Waals surface area contributed by atoms with Crippen LogP contribution in [0.3, 0.4) is 0 Å². The van der Waals surface area contributed by atoms with Gasteiger partial charge in [-0.1, -0.05) is 18.2 Å². The second kappa shape index (κ2) is 7.68. The molecule has 0 saturated carbocycles. The predicted octanol–water partition coefficient (Wildman–Crippen LogP) is 4.00. The van der Waals surface area contributed by atoms with E-state index < -0.39 is 17.7 Å². The lowest BCUT2D eigenvalue weighted by molar-refractivity contribution is -0.134. The van der Waals surface area contributed by atoms with Gasteiger partial charge in [-0.2, -0.15) is 0 Å². The van der Waals surface area contributed by atoms with Gasteiger partial charge in [0.1, 0.15) is 11.4 Å². The molecule has 2 atom stereocenters. The van der Waals surface area contributed by atoms with Gasteiger partial charge in [-0.05, 0) is 51.3 Å². The summed E-state index contributed by atoms with van der Waals surface area (Å²) in [6.45, 7) is 5.37. The number of methoxy groups -OCH3 is 1. The Kier molecular flexibility index (Phi) is 5.82. The molecule has 0 bridgehead atoms. The van der Waals surface area contributed by atoms with E-state index in [2.05, 4.69) is 4.74 Å². The van der Waals surface area contributed by atoms with Crippen molar-refractivity contribution in [1.82, 2.24) is 4.90 Å². The van der Waals surface area contributed by atoms with E-state index in [9.17, 15) is 14.0 Å². The zero-order valence-corrected chi connectivity index (χ0v) is 15.0. The first-order chi connectivity index (χ1) is 11.7. The molecule has 1 aromatic rings. The van der Waals surface area contributed by atoms with Crippen LogP contribution in [0.1, 0.15) is 45.2 Å². The van der Waals surface area contributed by atoms with E-state index in [1.807, 2.05) is 0 Å². The lowest BCUT2D eigenvalue weighted by Gasteiger charge is -2.32. The Bertz CT molecular complexity index is 666. The third-order valence-corrected chi connectivity index (χ3v) is 3.92. The summed E-state index contributed by atoms with van der Waals surface area (Å²) in [6, 6.07) is 5.58. The highest BCUT2D eigenvalue weighted by atomic mass is 19.1. The number of benzene rings is 1. The van der Waals surface area contributed by atoms with E-state index in [-0.39, 0.29) is 17.9 Å². The van der Waals surface area contributed by atoms with Crippen LogP contribution in [-0.2, 0) is 14.3 Å². The first kappa shape index (κ1) is 19.0. The molecule has 0 unspecified atom stereocenters. The second-order valence-corrected chi connectivity index (χ2v) is 6.99. The van der Waals surface area contributed by atoms with E-state index in [1.165, 1.54) is 25.3 Å². The first-order valence-electron chi connectivity index (χ1n) is 8.24. The van der Waals surface area contributed by atoms with Gasteiger partial charge in [-0.15, -0.1) is 0 Å². The smallest absolute Gasteiger partial charge is 0.411 e. The molecular weight excluding hydrogens is 325 g/mol. The number of rotatable bonds is 3. The van der Waals surface area contributed by atoms with Crippen molar-refractivity contribution in [2.45, 2.75) is 51.3 Å². The van der Waals surface area contributed by atoms with Crippen LogP contribution in [0.5, 0.6) is 0 Å². The molecule has 1 aromatic carbocycles. The van der Waals surface area contributed by atoms with Gasteiger partial charge >= 0.3 is 12.1 Å². The Hall–Kier alpha value is -2.37. The minimum Gasteiger partial charge on any atom is -0.466 e. The molecule has 1 aliphatic rings. The van der Waals surface area contributed by atoms with Gasteiger partial charge in [0, 0.05) is 6.08 Å². The van der Waals surface area contributed by atoms with Gasteiger partial charge in [-0.3, -0.25) is 4.90 Å². The zero-order chi connectivity index (χ0) is 18.6. The number of amides is 1. The van der Waals surface area contributed by atoms with Gasteiger partial charge in [0.2, 0.25) is 0 Å². The molecule has 0 N–H and O–H groups in total. The van der Waals surface area contributed by atoms with Gasteiger partial charge in [0.15, 0.2) is 0 Å². The van der Waals surface area contributed by atoms with Gasteiger partial charge in [-0.25, -0.2) is 14.0 Å². The number of carbonyl (C=O) groups excluding carboxylic acids is 2. The molecule has 1 aliphatic heterocycles. The number of ether oxygens (including phenoxy) is 2.